The molecule has 1 unspecified atom stereocenters. The van der Waals surface area contributed by atoms with E-state index in [4.69, 9.17) is 17.0 Å². The summed E-state index contributed by atoms with van der Waals surface area (Å²) in [6.07, 6.45) is 1.25. The minimum absolute atomic E-state index is 0.0154. The van der Waals surface area contributed by atoms with E-state index in [0.29, 0.717) is 18.6 Å². The summed E-state index contributed by atoms with van der Waals surface area (Å²) in [5.41, 5.74) is 3.67. The van der Waals surface area contributed by atoms with E-state index in [9.17, 15) is 10.1 Å². The Morgan fingerprint density at radius 1 is 1.24 bits per heavy atom. The number of rotatable bonds is 2. The molecule has 4 nitrogen and oxygen atoms in total. The maximum atomic E-state index is 11.0. The molecule has 0 bridgehead atoms. The fourth-order valence-electron chi connectivity index (χ4n) is 2.88. The van der Waals surface area contributed by atoms with Crippen LogP contribution in [0, 0.1) is 15.5 Å². The van der Waals surface area contributed by atoms with Crippen molar-refractivity contribution in [2.45, 2.75) is 18.8 Å². The third-order valence-corrected chi connectivity index (χ3v) is 4.17. The minimum Gasteiger partial charge on any atom is -0.309 e. The average molecular weight is 301 g/mol. The molecule has 2 aromatic carbocycles. The van der Waals surface area contributed by atoms with Gasteiger partial charge in [-0.25, -0.2) is 0 Å². The van der Waals surface area contributed by atoms with Crippen molar-refractivity contribution >= 4 is 23.0 Å². The minimum atomic E-state index is -0.466. The van der Waals surface area contributed by atoms with Gasteiger partial charge in [-0.05, 0) is 29.2 Å². The molecule has 0 spiro atoms. The lowest BCUT2D eigenvalue weighted by atomic mass is 9.78. The lowest BCUT2D eigenvalue weighted by Crippen LogP contribution is -2.18. The van der Waals surface area contributed by atoms with Crippen LogP contribution in [0.3, 0.4) is 0 Å². The predicted molar refractivity (Wildman–Crippen MR) is 82.4 cm³/mol. The van der Waals surface area contributed by atoms with Crippen LogP contribution in [0.2, 0.25) is 5.02 Å². The molecule has 0 heterocycles. The largest absolute Gasteiger partial charge is 0.309 e. The highest BCUT2D eigenvalue weighted by atomic mass is 35.5. The molecule has 106 valence electrons. The maximum Gasteiger partial charge on any atom is 0.288 e. The Bertz CT molecular complexity index is 743. The van der Waals surface area contributed by atoms with Crippen molar-refractivity contribution in [1.29, 1.82) is 5.41 Å². The zero-order chi connectivity index (χ0) is 15.0. The first kappa shape index (κ1) is 13.8. The first-order valence-corrected chi connectivity index (χ1v) is 7.02. The summed E-state index contributed by atoms with van der Waals surface area (Å²) in [6.45, 7) is 0. The van der Waals surface area contributed by atoms with Crippen LogP contribution in [0.4, 0.5) is 5.69 Å². The Morgan fingerprint density at radius 3 is 2.76 bits per heavy atom. The Labute approximate surface area is 127 Å². The van der Waals surface area contributed by atoms with Gasteiger partial charge in [-0.2, -0.15) is 0 Å². The lowest BCUT2D eigenvalue weighted by molar-refractivity contribution is -0.384. The van der Waals surface area contributed by atoms with Crippen molar-refractivity contribution in [3.63, 3.8) is 0 Å². The van der Waals surface area contributed by atoms with Gasteiger partial charge in [-0.15, -0.1) is 0 Å². The molecule has 5 heteroatoms. The lowest BCUT2D eigenvalue weighted by Gasteiger charge is -2.26. The highest BCUT2D eigenvalue weighted by Gasteiger charge is 2.26. The second-order valence-corrected chi connectivity index (χ2v) is 5.61. The van der Waals surface area contributed by atoms with Crippen molar-refractivity contribution < 1.29 is 4.92 Å². The van der Waals surface area contributed by atoms with E-state index < -0.39 is 4.92 Å². The van der Waals surface area contributed by atoms with E-state index >= 15 is 0 Å². The normalized spacial score (nSPS) is 17.4. The quantitative estimate of drug-likeness (QED) is 0.662. The Kier molecular flexibility index (Phi) is 3.47. The molecule has 0 aliphatic heterocycles. The molecule has 3 rings (SSSR count). The van der Waals surface area contributed by atoms with Crippen LogP contribution in [-0.4, -0.2) is 10.6 Å². The Balaban J connectivity index is 2.11. The van der Waals surface area contributed by atoms with E-state index in [2.05, 4.69) is 0 Å². The molecule has 0 radical (unpaired) electrons. The molecule has 0 saturated heterocycles. The molecule has 0 aromatic heterocycles. The van der Waals surface area contributed by atoms with Crippen LogP contribution in [-0.2, 0) is 6.42 Å². The van der Waals surface area contributed by atoms with Gasteiger partial charge < -0.3 is 5.41 Å². The van der Waals surface area contributed by atoms with E-state index in [1.165, 1.54) is 6.07 Å². The van der Waals surface area contributed by atoms with Gasteiger partial charge >= 0.3 is 0 Å². The maximum absolute atomic E-state index is 11.0. The molecule has 1 atom stereocenters. The Hall–Kier alpha value is -2.20. The van der Waals surface area contributed by atoms with E-state index in [0.717, 1.165) is 16.7 Å². The fourth-order valence-corrected chi connectivity index (χ4v) is 3.06. The number of hydrogen-bond donors (Lipinski definition) is 1. The number of nitro groups is 1. The standard InChI is InChI=1S/C16H13ClN2O2/c17-15-6-5-11(8-16(15)19(20)21)14-9-12(18)7-10-3-1-2-4-13(10)14/h1-6,8,14,18H,7,9H2. The van der Waals surface area contributed by atoms with Crippen molar-refractivity contribution in [1.82, 2.24) is 0 Å². The summed E-state index contributed by atoms with van der Waals surface area (Å²) >= 11 is 5.88. The van der Waals surface area contributed by atoms with Gasteiger partial charge in [0.05, 0.1) is 4.92 Å². The predicted octanol–water partition coefficient (Wildman–Crippen LogP) is 4.35. The number of hydrogen-bond acceptors (Lipinski definition) is 3. The molecule has 21 heavy (non-hydrogen) atoms. The van der Waals surface area contributed by atoms with Gasteiger partial charge in [0.15, 0.2) is 0 Å². The third kappa shape index (κ3) is 2.54. The summed E-state index contributed by atoms with van der Waals surface area (Å²) in [4.78, 5) is 10.6. The summed E-state index contributed by atoms with van der Waals surface area (Å²) in [6, 6.07) is 12.9. The molecule has 1 aliphatic carbocycles. The van der Waals surface area contributed by atoms with Gasteiger partial charge in [0.1, 0.15) is 5.02 Å². The van der Waals surface area contributed by atoms with Crippen molar-refractivity contribution in [2.24, 2.45) is 0 Å². The van der Waals surface area contributed by atoms with Crippen LogP contribution in [0.15, 0.2) is 42.5 Å². The number of benzene rings is 2. The highest BCUT2D eigenvalue weighted by molar-refractivity contribution is 6.32. The van der Waals surface area contributed by atoms with Crippen LogP contribution in [0.25, 0.3) is 0 Å². The Morgan fingerprint density at radius 2 is 2.00 bits per heavy atom. The molecular formula is C16H13ClN2O2. The van der Waals surface area contributed by atoms with Gasteiger partial charge in [-0.1, -0.05) is 41.9 Å². The fraction of sp³-hybridized carbons (Fsp3) is 0.188. The summed E-state index contributed by atoms with van der Waals surface area (Å²) in [5, 5.41) is 19.2. The van der Waals surface area contributed by atoms with Crippen LogP contribution in [0.1, 0.15) is 29.0 Å². The van der Waals surface area contributed by atoms with Gasteiger partial charge in [0.25, 0.3) is 5.69 Å². The van der Waals surface area contributed by atoms with Crippen LogP contribution < -0.4 is 0 Å². The van der Waals surface area contributed by atoms with Gasteiger partial charge in [-0.3, -0.25) is 10.1 Å². The number of nitrogens with one attached hydrogen (secondary N) is 1. The van der Waals surface area contributed by atoms with Crippen molar-refractivity contribution in [3.05, 3.63) is 74.3 Å². The summed E-state index contributed by atoms with van der Waals surface area (Å²) < 4.78 is 0. The number of halogens is 1. The van der Waals surface area contributed by atoms with Crippen molar-refractivity contribution in [2.75, 3.05) is 0 Å². The summed E-state index contributed by atoms with van der Waals surface area (Å²) in [5.74, 6) is -0.0154. The molecule has 1 aliphatic rings. The zero-order valence-electron chi connectivity index (χ0n) is 11.2. The van der Waals surface area contributed by atoms with E-state index in [1.807, 2.05) is 30.3 Å². The van der Waals surface area contributed by atoms with Crippen LogP contribution >= 0.6 is 11.6 Å². The zero-order valence-corrected chi connectivity index (χ0v) is 11.9. The second-order valence-electron chi connectivity index (χ2n) is 5.20. The molecule has 0 amide bonds. The number of nitrogens with zero attached hydrogens (tertiary/aromatic N) is 1. The SMILES string of the molecule is N=C1Cc2ccccc2C(c2ccc(Cl)c([N+](=O)[O-])c2)C1. The topological polar surface area (TPSA) is 67.0 Å². The van der Waals surface area contributed by atoms with Gasteiger partial charge in [0.2, 0.25) is 0 Å². The molecule has 1 N–H and O–H groups in total. The molecular weight excluding hydrogens is 288 g/mol. The molecule has 0 saturated carbocycles. The first-order chi connectivity index (χ1) is 10.1. The van der Waals surface area contributed by atoms with Crippen molar-refractivity contribution in [3.8, 4) is 0 Å². The number of nitro benzene ring substituents is 1. The average Bonchev–Trinajstić information content (AvgIpc) is 2.46. The number of fused-ring (bicyclic) bond motifs is 1. The smallest absolute Gasteiger partial charge is 0.288 e. The van der Waals surface area contributed by atoms with Crippen LogP contribution in [0.5, 0.6) is 0 Å². The molecule has 0 fully saturated rings. The van der Waals surface area contributed by atoms with E-state index in [-0.39, 0.29) is 16.6 Å². The second kappa shape index (κ2) is 5.30. The van der Waals surface area contributed by atoms with Gasteiger partial charge in [0, 0.05) is 24.1 Å². The van der Waals surface area contributed by atoms with E-state index in [1.54, 1.807) is 6.07 Å². The summed E-state index contributed by atoms with van der Waals surface area (Å²) in [7, 11) is 0. The highest BCUT2D eigenvalue weighted by Crippen LogP contribution is 2.38. The monoisotopic (exact) mass is 300 g/mol. The molecule has 2 aromatic rings. The third-order valence-electron chi connectivity index (χ3n) is 3.85. The first-order valence-electron chi connectivity index (χ1n) is 6.64.